The maximum Gasteiger partial charge on any atom is 0.293 e. The summed E-state index contributed by atoms with van der Waals surface area (Å²) >= 11 is 6.49. The smallest absolute Gasteiger partial charge is 0.293 e. The Morgan fingerprint density at radius 2 is 1.79 bits per heavy atom. The highest BCUT2D eigenvalue weighted by atomic mass is 35.5. The molecule has 6 nitrogen and oxygen atoms in total. The fourth-order valence-electron chi connectivity index (χ4n) is 4.01. The Morgan fingerprint density at radius 3 is 2.33 bits per heavy atom. The van der Waals surface area contributed by atoms with E-state index in [1.54, 1.807) is 0 Å². The van der Waals surface area contributed by atoms with Crippen molar-refractivity contribution in [2.45, 2.75) is 63.3 Å². The number of rotatable bonds is 5. The molecule has 2 fully saturated rings. The molecular weight excluding hydrogens is 330 g/mol. The number of nitro benzene ring substituents is 1. The maximum atomic E-state index is 11.7. The number of nitrogens with zero attached hydrogens (tertiary/aromatic N) is 1. The Hall–Kier alpha value is -1.82. The molecule has 1 aromatic carbocycles. The normalized spacial score (nSPS) is 18.9. The van der Waals surface area contributed by atoms with E-state index in [0.717, 1.165) is 51.4 Å². The SMILES string of the molecule is NC(=O)c1cc([N+](=O)[O-])c(NC2CCCC2)c(C2CCCC2)c1Cl. The molecule has 0 atom stereocenters. The van der Waals surface area contributed by atoms with Crippen LogP contribution >= 0.6 is 11.6 Å². The number of nitro groups is 1. The lowest BCUT2D eigenvalue weighted by molar-refractivity contribution is -0.384. The number of hydrogen-bond donors (Lipinski definition) is 2. The summed E-state index contributed by atoms with van der Waals surface area (Å²) < 4.78 is 0. The van der Waals surface area contributed by atoms with Crippen LogP contribution in [0.5, 0.6) is 0 Å². The number of anilines is 1. The van der Waals surface area contributed by atoms with Crippen LogP contribution in [-0.2, 0) is 0 Å². The average molecular weight is 352 g/mol. The van der Waals surface area contributed by atoms with Crippen LogP contribution in [0, 0.1) is 10.1 Å². The lowest BCUT2D eigenvalue weighted by Gasteiger charge is -2.22. The van der Waals surface area contributed by atoms with Crippen molar-refractivity contribution in [3.05, 3.63) is 32.3 Å². The average Bonchev–Trinajstić information content (AvgIpc) is 3.20. The highest BCUT2D eigenvalue weighted by molar-refractivity contribution is 6.35. The molecule has 2 saturated carbocycles. The van der Waals surface area contributed by atoms with Crippen LogP contribution in [0.1, 0.15) is 73.2 Å². The lowest BCUT2D eigenvalue weighted by atomic mass is 9.92. The van der Waals surface area contributed by atoms with Crippen molar-refractivity contribution in [2.75, 3.05) is 5.32 Å². The van der Waals surface area contributed by atoms with Crippen molar-refractivity contribution in [3.63, 3.8) is 0 Å². The number of amides is 1. The fourth-order valence-corrected chi connectivity index (χ4v) is 4.41. The van der Waals surface area contributed by atoms with E-state index in [4.69, 9.17) is 17.3 Å². The highest BCUT2D eigenvalue weighted by Crippen LogP contribution is 2.47. The third kappa shape index (κ3) is 3.20. The predicted molar refractivity (Wildman–Crippen MR) is 93.7 cm³/mol. The molecule has 0 heterocycles. The van der Waals surface area contributed by atoms with Crippen molar-refractivity contribution in [3.8, 4) is 0 Å². The van der Waals surface area contributed by atoms with Gasteiger partial charge in [-0.25, -0.2) is 0 Å². The minimum atomic E-state index is -0.727. The first-order valence-electron chi connectivity index (χ1n) is 8.56. The van der Waals surface area contributed by atoms with Gasteiger partial charge in [0.2, 0.25) is 5.91 Å². The van der Waals surface area contributed by atoms with Gasteiger partial charge in [-0.15, -0.1) is 0 Å². The first-order valence-corrected chi connectivity index (χ1v) is 8.94. The molecule has 0 bridgehead atoms. The minimum Gasteiger partial charge on any atom is -0.376 e. The van der Waals surface area contributed by atoms with Crippen molar-refractivity contribution in [2.24, 2.45) is 5.73 Å². The van der Waals surface area contributed by atoms with E-state index in [-0.39, 0.29) is 28.2 Å². The van der Waals surface area contributed by atoms with E-state index in [1.807, 2.05) is 0 Å². The topological polar surface area (TPSA) is 98.3 Å². The number of nitrogens with one attached hydrogen (secondary N) is 1. The molecule has 0 spiro atoms. The molecule has 0 aliphatic heterocycles. The number of nitrogens with two attached hydrogens (primary N) is 1. The monoisotopic (exact) mass is 351 g/mol. The Kier molecular flexibility index (Phi) is 4.94. The maximum absolute atomic E-state index is 11.7. The minimum absolute atomic E-state index is 0.0437. The molecule has 1 aromatic rings. The van der Waals surface area contributed by atoms with Gasteiger partial charge in [-0.1, -0.05) is 37.3 Å². The first-order chi connectivity index (χ1) is 11.5. The van der Waals surface area contributed by atoms with Gasteiger partial charge in [0.15, 0.2) is 0 Å². The molecule has 1 amide bonds. The van der Waals surface area contributed by atoms with Crippen LogP contribution in [0.3, 0.4) is 0 Å². The molecule has 0 saturated heterocycles. The standard InChI is InChI=1S/C17H22ClN3O3/c18-15-12(17(19)22)9-13(21(23)24)16(20-11-7-3-4-8-11)14(15)10-5-1-2-6-10/h9-11,20H,1-8H2,(H2,19,22). The molecule has 2 aliphatic rings. The van der Waals surface area contributed by atoms with E-state index in [0.29, 0.717) is 11.3 Å². The predicted octanol–water partition coefficient (Wildman–Crippen LogP) is 4.36. The largest absolute Gasteiger partial charge is 0.376 e. The third-order valence-electron chi connectivity index (χ3n) is 5.21. The summed E-state index contributed by atoms with van der Waals surface area (Å²) in [5, 5.41) is 15.3. The molecule has 0 aromatic heterocycles. The van der Waals surface area contributed by atoms with E-state index < -0.39 is 10.8 Å². The van der Waals surface area contributed by atoms with Crippen molar-refractivity contribution in [1.82, 2.24) is 0 Å². The van der Waals surface area contributed by atoms with E-state index >= 15 is 0 Å². The zero-order chi connectivity index (χ0) is 17.3. The van der Waals surface area contributed by atoms with E-state index in [1.165, 1.54) is 6.07 Å². The molecular formula is C17H22ClN3O3. The highest BCUT2D eigenvalue weighted by Gasteiger charge is 2.32. The number of primary amides is 1. The Balaban J connectivity index is 2.15. The van der Waals surface area contributed by atoms with Gasteiger partial charge in [0.05, 0.1) is 15.5 Å². The molecule has 0 radical (unpaired) electrons. The van der Waals surface area contributed by atoms with Crippen molar-refractivity contribution >= 4 is 28.9 Å². The van der Waals surface area contributed by atoms with E-state index in [2.05, 4.69) is 5.32 Å². The number of hydrogen-bond acceptors (Lipinski definition) is 4. The summed E-state index contributed by atoms with van der Waals surface area (Å²) in [5.41, 5.74) is 6.55. The van der Waals surface area contributed by atoms with Crippen LogP contribution in [0.2, 0.25) is 5.02 Å². The summed E-state index contributed by atoms with van der Waals surface area (Å²) in [5.74, 6) is -0.589. The van der Waals surface area contributed by atoms with Gasteiger partial charge < -0.3 is 11.1 Å². The Morgan fingerprint density at radius 1 is 1.21 bits per heavy atom. The molecule has 7 heteroatoms. The van der Waals surface area contributed by atoms with Crippen LogP contribution in [-0.4, -0.2) is 16.9 Å². The van der Waals surface area contributed by atoms with Crippen LogP contribution in [0.4, 0.5) is 11.4 Å². The Bertz CT molecular complexity index is 666. The van der Waals surface area contributed by atoms with Gasteiger partial charge in [-0.2, -0.15) is 0 Å². The second-order valence-electron chi connectivity index (χ2n) is 6.77. The molecule has 130 valence electrons. The van der Waals surface area contributed by atoms with Gasteiger partial charge in [-0.3, -0.25) is 14.9 Å². The number of benzene rings is 1. The second kappa shape index (κ2) is 6.97. The Labute approximate surface area is 145 Å². The van der Waals surface area contributed by atoms with Gasteiger partial charge >= 0.3 is 0 Å². The zero-order valence-electron chi connectivity index (χ0n) is 13.5. The number of carbonyl (C=O) groups excluding carboxylic acids is 1. The molecule has 3 N–H and O–H groups in total. The third-order valence-corrected chi connectivity index (χ3v) is 5.62. The van der Waals surface area contributed by atoms with Gasteiger partial charge in [0, 0.05) is 17.7 Å². The second-order valence-corrected chi connectivity index (χ2v) is 7.15. The van der Waals surface area contributed by atoms with E-state index in [9.17, 15) is 14.9 Å². The molecule has 0 unspecified atom stereocenters. The first kappa shape index (κ1) is 17.0. The molecule has 2 aliphatic carbocycles. The van der Waals surface area contributed by atoms with Crippen molar-refractivity contribution in [1.29, 1.82) is 0 Å². The lowest BCUT2D eigenvalue weighted by Crippen LogP contribution is -2.20. The van der Waals surface area contributed by atoms with Gasteiger partial charge in [0.25, 0.3) is 5.69 Å². The summed E-state index contributed by atoms with van der Waals surface area (Å²) in [6.45, 7) is 0. The van der Waals surface area contributed by atoms with Gasteiger partial charge in [0.1, 0.15) is 5.69 Å². The summed E-state index contributed by atoms with van der Waals surface area (Å²) in [4.78, 5) is 22.9. The summed E-state index contributed by atoms with van der Waals surface area (Å²) in [7, 11) is 0. The van der Waals surface area contributed by atoms with Crippen LogP contribution in [0.25, 0.3) is 0 Å². The van der Waals surface area contributed by atoms with Crippen LogP contribution < -0.4 is 11.1 Å². The quantitative estimate of drug-likeness (QED) is 0.608. The summed E-state index contributed by atoms with van der Waals surface area (Å²) in [6.07, 6.45) is 8.23. The van der Waals surface area contributed by atoms with Crippen molar-refractivity contribution < 1.29 is 9.72 Å². The number of carbonyl (C=O) groups is 1. The molecule has 24 heavy (non-hydrogen) atoms. The summed E-state index contributed by atoms with van der Waals surface area (Å²) in [6, 6.07) is 1.44. The number of halogens is 1. The van der Waals surface area contributed by atoms with Crippen LogP contribution in [0.15, 0.2) is 6.07 Å². The zero-order valence-corrected chi connectivity index (χ0v) is 14.3. The molecule has 3 rings (SSSR count). The fraction of sp³-hybridized carbons (Fsp3) is 0.588. The van der Waals surface area contributed by atoms with Gasteiger partial charge in [-0.05, 0) is 31.6 Å².